The van der Waals surface area contributed by atoms with E-state index in [-0.39, 0.29) is 6.04 Å². The van der Waals surface area contributed by atoms with Crippen LogP contribution in [0.1, 0.15) is 12.5 Å². The van der Waals surface area contributed by atoms with Crippen LogP contribution in [0, 0.1) is 6.92 Å². The highest BCUT2D eigenvalue weighted by Gasteiger charge is 2.32. The molecular formula is C13H20N2O2S. The summed E-state index contributed by atoms with van der Waals surface area (Å²) in [6.07, 6.45) is 0. The number of aryl methyl sites for hydroxylation is 1. The summed E-state index contributed by atoms with van der Waals surface area (Å²) < 4.78 is 26.7. The largest absolute Gasteiger partial charge is 0.303 e. The highest BCUT2D eigenvalue weighted by Crippen LogP contribution is 2.21. The number of rotatable bonds is 2. The molecule has 1 aliphatic rings. The molecule has 2 rings (SSSR count). The molecule has 1 aromatic rings. The Hall–Kier alpha value is -0.910. The van der Waals surface area contributed by atoms with Crippen LogP contribution in [-0.2, 0) is 10.0 Å². The Balaban J connectivity index is 2.28. The molecule has 1 atom stereocenters. The number of nitrogens with zero attached hydrogens (tertiary/aromatic N) is 2. The Morgan fingerprint density at radius 2 is 1.78 bits per heavy atom. The Morgan fingerprint density at radius 3 is 2.33 bits per heavy atom. The standard InChI is InChI=1S/C13H20N2O2S/c1-11-4-6-13(7-5-11)18(16,17)15-9-8-14(3)10-12(15)2/h4-7,12H,8-10H2,1-3H3. The van der Waals surface area contributed by atoms with Gasteiger partial charge in [-0.1, -0.05) is 17.7 Å². The Kier molecular flexibility index (Phi) is 3.75. The van der Waals surface area contributed by atoms with Gasteiger partial charge in [-0.05, 0) is 33.0 Å². The summed E-state index contributed by atoms with van der Waals surface area (Å²) in [6, 6.07) is 7.09. The van der Waals surface area contributed by atoms with Crippen LogP contribution in [0.4, 0.5) is 0 Å². The average Bonchev–Trinajstić information content (AvgIpc) is 2.29. The van der Waals surface area contributed by atoms with Gasteiger partial charge in [0.25, 0.3) is 0 Å². The first kappa shape index (κ1) is 13.5. The number of likely N-dealkylation sites (N-methyl/N-ethyl adjacent to an activating group) is 1. The molecule has 0 aliphatic carbocycles. The minimum Gasteiger partial charge on any atom is -0.303 e. The highest BCUT2D eigenvalue weighted by atomic mass is 32.2. The molecule has 1 fully saturated rings. The molecule has 5 heteroatoms. The van der Waals surface area contributed by atoms with Crippen LogP contribution in [0.15, 0.2) is 29.2 Å². The second-order valence-electron chi connectivity index (χ2n) is 5.04. The second kappa shape index (κ2) is 4.99. The molecule has 1 saturated heterocycles. The van der Waals surface area contributed by atoms with E-state index in [2.05, 4.69) is 4.90 Å². The third-order valence-corrected chi connectivity index (χ3v) is 5.43. The van der Waals surface area contributed by atoms with Crippen molar-refractivity contribution in [3.8, 4) is 0 Å². The molecule has 1 heterocycles. The van der Waals surface area contributed by atoms with Crippen LogP contribution >= 0.6 is 0 Å². The van der Waals surface area contributed by atoms with Gasteiger partial charge in [-0.3, -0.25) is 0 Å². The number of benzene rings is 1. The van der Waals surface area contributed by atoms with Gasteiger partial charge in [0.1, 0.15) is 0 Å². The Morgan fingerprint density at radius 1 is 1.17 bits per heavy atom. The number of sulfonamides is 1. The van der Waals surface area contributed by atoms with Crippen LogP contribution in [-0.4, -0.2) is 50.3 Å². The van der Waals surface area contributed by atoms with E-state index in [1.807, 2.05) is 33.0 Å². The van der Waals surface area contributed by atoms with Crippen molar-refractivity contribution in [2.24, 2.45) is 0 Å². The number of hydrogen-bond acceptors (Lipinski definition) is 3. The summed E-state index contributed by atoms with van der Waals surface area (Å²) in [5.74, 6) is 0. The van der Waals surface area contributed by atoms with E-state index in [0.29, 0.717) is 11.4 Å². The van der Waals surface area contributed by atoms with Crippen LogP contribution in [0.25, 0.3) is 0 Å². The molecule has 4 nitrogen and oxygen atoms in total. The maximum absolute atomic E-state index is 12.5. The van der Waals surface area contributed by atoms with Gasteiger partial charge in [-0.25, -0.2) is 8.42 Å². The van der Waals surface area contributed by atoms with Gasteiger partial charge in [0, 0.05) is 25.7 Å². The lowest BCUT2D eigenvalue weighted by atomic mass is 10.2. The first-order valence-corrected chi connectivity index (χ1v) is 7.62. The monoisotopic (exact) mass is 268 g/mol. The maximum atomic E-state index is 12.5. The van der Waals surface area contributed by atoms with E-state index in [1.54, 1.807) is 16.4 Å². The van der Waals surface area contributed by atoms with Gasteiger partial charge < -0.3 is 4.90 Å². The lowest BCUT2D eigenvalue weighted by Crippen LogP contribution is -2.52. The Labute approximate surface area is 109 Å². The molecule has 0 spiro atoms. The molecule has 0 aromatic heterocycles. The quantitative estimate of drug-likeness (QED) is 0.812. The molecule has 0 N–H and O–H groups in total. The van der Waals surface area contributed by atoms with E-state index in [9.17, 15) is 8.42 Å². The number of hydrogen-bond donors (Lipinski definition) is 0. The van der Waals surface area contributed by atoms with Crippen LogP contribution in [0.5, 0.6) is 0 Å². The molecule has 0 bridgehead atoms. The Bertz CT molecular complexity index is 510. The van der Waals surface area contributed by atoms with Crippen molar-refractivity contribution in [2.45, 2.75) is 24.8 Å². The van der Waals surface area contributed by atoms with Crippen LogP contribution in [0.3, 0.4) is 0 Å². The minimum absolute atomic E-state index is 0.0232. The van der Waals surface area contributed by atoms with Crippen molar-refractivity contribution in [3.63, 3.8) is 0 Å². The van der Waals surface area contributed by atoms with Crippen LogP contribution in [0.2, 0.25) is 0 Å². The summed E-state index contributed by atoms with van der Waals surface area (Å²) in [5, 5.41) is 0. The normalized spacial score (nSPS) is 23.2. The van der Waals surface area contributed by atoms with Gasteiger partial charge in [0.05, 0.1) is 4.90 Å². The van der Waals surface area contributed by atoms with Gasteiger partial charge in [-0.15, -0.1) is 0 Å². The van der Waals surface area contributed by atoms with Gasteiger partial charge in [0.2, 0.25) is 10.0 Å². The molecule has 100 valence electrons. The molecule has 18 heavy (non-hydrogen) atoms. The summed E-state index contributed by atoms with van der Waals surface area (Å²) in [4.78, 5) is 2.55. The van der Waals surface area contributed by atoms with Gasteiger partial charge >= 0.3 is 0 Å². The average molecular weight is 268 g/mol. The number of piperazine rings is 1. The van der Waals surface area contributed by atoms with Crippen molar-refractivity contribution >= 4 is 10.0 Å². The predicted molar refractivity (Wildman–Crippen MR) is 72.0 cm³/mol. The van der Waals surface area contributed by atoms with Crippen molar-refractivity contribution in [1.29, 1.82) is 0 Å². The topological polar surface area (TPSA) is 40.6 Å². The maximum Gasteiger partial charge on any atom is 0.243 e. The molecule has 0 saturated carbocycles. The minimum atomic E-state index is -3.34. The molecule has 0 radical (unpaired) electrons. The summed E-state index contributed by atoms with van der Waals surface area (Å²) >= 11 is 0. The van der Waals surface area contributed by atoms with E-state index in [4.69, 9.17) is 0 Å². The van der Waals surface area contributed by atoms with E-state index >= 15 is 0 Å². The third-order valence-electron chi connectivity index (χ3n) is 3.40. The smallest absolute Gasteiger partial charge is 0.243 e. The molecule has 1 aliphatic heterocycles. The highest BCUT2D eigenvalue weighted by molar-refractivity contribution is 7.89. The zero-order valence-electron chi connectivity index (χ0n) is 11.1. The zero-order chi connectivity index (χ0) is 13.3. The van der Waals surface area contributed by atoms with E-state index < -0.39 is 10.0 Å². The van der Waals surface area contributed by atoms with Crippen molar-refractivity contribution in [2.75, 3.05) is 26.7 Å². The van der Waals surface area contributed by atoms with Crippen molar-refractivity contribution in [3.05, 3.63) is 29.8 Å². The van der Waals surface area contributed by atoms with E-state index in [0.717, 1.165) is 18.7 Å². The molecular weight excluding hydrogens is 248 g/mol. The predicted octanol–water partition coefficient (Wildman–Crippen LogP) is 1.32. The fourth-order valence-electron chi connectivity index (χ4n) is 2.33. The zero-order valence-corrected chi connectivity index (χ0v) is 11.9. The second-order valence-corrected chi connectivity index (χ2v) is 6.93. The van der Waals surface area contributed by atoms with Gasteiger partial charge in [-0.2, -0.15) is 4.31 Å². The van der Waals surface area contributed by atoms with Gasteiger partial charge in [0.15, 0.2) is 0 Å². The lowest BCUT2D eigenvalue weighted by Gasteiger charge is -2.37. The SMILES string of the molecule is Cc1ccc(S(=O)(=O)N2CCN(C)CC2C)cc1. The fraction of sp³-hybridized carbons (Fsp3) is 0.538. The molecule has 1 aromatic carbocycles. The van der Waals surface area contributed by atoms with Crippen molar-refractivity contribution in [1.82, 2.24) is 9.21 Å². The van der Waals surface area contributed by atoms with Crippen molar-refractivity contribution < 1.29 is 8.42 Å². The summed E-state index contributed by atoms with van der Waals surface area (Å²) in [6.45, 7) is 6.05. The lowest BCUT2D eigenvalue weighted by molar-refractivity contribution is 0.170. The summed E-state index contributed by atoms with van der Waals surface area (Å²) in [7, 11) is -1.32. The fourth-order valence-corrected chi connectivity index (χ4v) is 3.94. The van der Waals surface area contributed by atoms with E-state index in [1.165, 1.54) is 0 Å². The summed E-state index contributed by atoms with van der Waals surface area (Å²) in [5.41, 5.74) is 1.07. The first-order valence-electron chi connectivity index (χ1n) is 6.18. The van der Waals surface area contributed by atoms with Crippen LogP contribution < -0.4 is 0 Å². The first-order chi connectivity index (χ1) is 8.41. The third kappa shape index (κ3) is 2.58. The molecule has 1 unspecified atom stereocenters. The molecule has 0 amide bonds.